The van der Waals surface area contributed by atoms with E-state index in [2.05, 4.69) is 0 Å². The molecule has 0 atom stereocenters. The van der Waals surface area contributed by atoms with Gasteiger partial charge in [-0.05, 0) is 19.3 Å². The standard InChI is InChI=1S/C11H23NO4S/c1-5-12(9-11(13)16-6-2)17(14,15)8-7-10(3)4/h10H,5-9H2,1-4H3. The van der Waals surface area contributed by atoms with Crippen LogP contribution >= 0.6 is 0 Å². The van der Waals surface area contributed by atoms with Crippen molar-refractivity contribution < 1.29 is 17.9 Å². The molecule has 0 unspecified atom stereocenters. The van der Waals surface area contributed by atoms with Gasteiger partial charge in [0.2, 0.25) is 10.0 Å². The van der Waals surface area contributed by atoms with Crippen molar-refractivity contribution in [2.75, 3.05) is 25.4 Å². The summed E-state index contributed by atoms with van der Waals surface area (Å²) in [5, 5.41) is 0. The minimum atomic E-state index is -3.35. The first-order valence-electron chi connectivity index (χ1n) is 5.96. The summed E-state index contributed by atoms with van der Waals surface area (Å²) in [5.74, 6) is -0.0914. The zero-order valence-corrected chi connectivity index (χ0v) is 11.9. The lowest BCUT2D eigenvalue weighted by molar-refractivity contribution is -0.143. The Morgan fingerprint density at radius 2 is 1.88 bits per heavy atom. The summed E-state index contributed by atoms with van der Waals surface area (Å²) in [6, 6.07) is 0. The van der Waals surface area contributed by atoms with E-state index < -0.39 is 16.0 Å². The van der Waals surface area contributed by atoms with Crippen LogP contribution in [0.2, 0.25) is 0 Å². The number of carbonyl (C=O) groups is 1. The summed E-state index contributed by atoms with van der Waals surface area (Å²) < 4.78 is 29.8. The molecule has 0 bridgehead atoms. The van der Waals surface area contributed by atoms with E-state index in [0.717, 1.165) is 0 Å². The predicted octanol–water partition coefficient (Wildman–Crippen LogP) is 1.25. The number of likely N-dealkylation sites (N-methyl/N-ethyl adjacent to an activating group) is 1. The van der Waals surface area contributed by atoms with Crippen molar-refractivity contribution in [1.29, 1.82) is 0 Å². The van der Waals surface area contributed by atoms with Gasteiger partial charge in [0, 0.05) is 6.54 Å². The third-order valence-electron chi connectivity index (χ3n) is 2.31. The molecule has 0 N–H and O–H groups in total. The zero-order chi connectivity index (χ0) is 13.5. The average molecular weight is 265 g/mol. The van der Waals surface area contributed by atoms with Crippen molar-refractivity contribution in [3.05, 3.63) is 0 Å². The summed E-state index contributed by atoms with van der Waals surface area (Å²) in [5.41, 5.74) is 0. The molecule has 0 aromatic rings. The Labute approximate surface area is 104 Å². The first kappa shape index (κ1) is 16.4. The highest BCUT2D eigenvalue weighted by atomic mass is 32.2. The van der Waals surface area contributed by atoms with Crippen LogP contribution < -0.4 is 0 Å². The Kier molecular flexibility index (Phi) is 7.38. The van der Waals surface area contributed by atoms with Crippen molar-refractivity contribution in [3.63, 3.8) is 0 Å². The highest BCUT2D eigenvalue weighted by Gasteiger charge is 2.23. The Morgan fingerprint density at radius 1 is 1.29 bits per heavy atom. The molecule has 6 heteroatoms. The minimum absolute atomic E-state index is 0.0813. The van der Waals surface area contributed by atoms with E-state index in [1.807, 2.05) is 13.8 Å². The summed E-state index contributed by atoms with van der Waals surface area (Å²) in [6.45, 7) is 7.72. The number of nitrogens with zero attached hydrogens (tertiary/aromatic N) is 1. The normalized spacial score (nSPS) is 12.1. The molecule has 0 aliphatic heterocycles. The highest BCUT2D eigenvalue weighted by Crippen LogP contribution is 2.08. The van der Waals surface area contributed by atoms with Crippen molar-refractivity contribution in [2.24, 2.45) is 5.92 Å². The fourth-order valence-electron chi connectivity index (χ4n) is 1.27. The SMILES string of the molecule is CCOC(=O)CN(CC)S(=O)(=O)CCC(C)C. The number of rotatable bonds is 8. The highest BCUT2D eigenvalue weighted by molar-refractivity contribution is 7.89. The van der Waals surface area contributed by atoms with Crippen LogP contribution in [0, 0.1) is 5.92 Å². The minimum Gasteiger partial charge on any atom is -0.465 e. The van der Waals surface area contributed by atoms with Crippen LogP contribution in [0.5, 0.6) is 0 Å². The van der Waals surface area contributed by atoms with E-state index >= 15 is 0 Å². The fourth-order valence-corrected chi connectivity index (χ4v) is 2.99. The van der Waals surface area contributed by atoms with Gasteiger partial charge in [-0.2, -0.15) is 4.31 Å². The quantitative estimate of drug-likeness (QED) is 0.620. The van der Waals surface area contributed by atoms with E-state index in [4.69, 9.17) is 4.74 Å². The van der Waals surface area contributed by atoms with Crippen LogP contribution in [0.1, 0.15) is 34.1 Å². The topological polar surface area (TPSA) is 63.7 Å². The van der Waals surface area contributed by atoms with Crippen molar-refractivity contribution in [1.82, 2.24) is 4.31 Å². The number of ether oxygens (including phenoxy) is 1. The third kappa shape index (κ3) is 6.63. The Morgan fingerprint density at radius 3 is 2.29 bits per heavy atom. The van der Waals surface area contributed by atoms with Crippen LogP contribution in [0.3, 0.4) is 0 Å². The molecule has 5 nitrogen and oxygen atoms in total. The molecule has 0 spiro atoms. The second kappa shape index (κ2) is 7.66. The van der Waals surface area contributed by atoms with Gasteiger partial charge < -0.3 is 4.74 Å². The fraction of sp³-hybridized carbons (Fsp3) is 0.909. The molecule has 0 amide bonds. The largest absolute Gasteiger partial charge is 0.465 e. The van der Waals surface area contributed by atoms with Gasteiger partial charge in [0.15, 0.2) is 0 Å². The van der Waals surface area contributed by atoms with Gasteiger partial charge in [-0.15, -0.1) is 0 Å². The van der Waals surface area contributed by atoms with Gasteiger partial charge in [-0.1, -0.05) is 20.8 Å². The lowest BCUT2D eigenvalue weighted by atomic mass is 10.2. The van der Waals surface area contributed by atoms with Crippen LogP contribution in [-0.4, -0.2) is 44.1 Å². The van der Waals surface area contributed by atoms with Gasteiger partial charge in [-0.25, -0.2) is 8.42 Å². The molecular weight excluding hydrogens is 242 g/mol. The summed E-state index contributed by atoms with van der Waals surface area (Å²) >= 11 is 0. The number of hydrogen-bond acceptors (Lipinski definition) is 4. The lowest BCUT2D eigenvalue weighted by Gasteiger charge is -2.19. The third-order valence-corrected chi connectivity index (χ3v) is 4.24. The molecule has 0 aromatic heterocycles. The summed E-state index contributed by atoms with van der Waals surface area (Å²) in [6.07, 6.45) is 0.599. The summed E-state index contributed by atoms with van der Waals surface area (Å²) in [4.78, 5) is 11.3. The van der Waals surface area contributed by atoms with Crippen LogP contribution in [0.15, 0.2) is 0 Å². The number of carbonyl (C=O) groups excluding carboxylic acids is 1. The molecule has 0 fully saturated rings. The predicted molar refractivity (Wildman–Crippen MR) is 67.1 cm³/mol. The Balaban J connectivity index is 4.47. The van der Waals surface area contributed by atoms with Crippen LogP contribution in [0.25, 0.3) is 0 Å². The van der Waals surface area contributed by atoms with Gasteiger partial charge in [0.05, 0.1) is 12.4 Å². The Hall–Kier alpha value is -0.620. The second-order valence-corrected chi connectivity index (χ2v) is 6.32. The molecular formula is C11H23NO4S. The molecule has 0 aromatic carbocycles. The van der Waals surface area contributed by atoms with E-state index in [9.17, 15) is 13.2 Å². The maximum atomic E-state index is 11.9. The molecule has 0 saturated carbocycles. The molecule has 102 valence electrons. The van der Waals surface area contributed by atoms with Gasteiger partial charge in [-0.3, -0.25) is 4.79 Å². The number of hydrogen-bond donors (Lipinski definition) is 0. The first-order valence-corrected chi connectivity index (χ1v) is 7.57. The summed E-state index contributed by atoms with van der Waals surface area (Å²) in [7, 11) is -3.35. The van der Waals surface area contributed by atoms with Crippen molar-refractivity contribution in [3.8, 4) is 0 Å². The van der Waals surface area contributed by atoms with E-state index in [1.54, 1.807) is 13.8 Å². The molecule has 0 saturated heterocycles. The van der Waals surface area contributed by atoms with Crippen molar-refractivity contribution >= 4 is 16.0 Å². The van der Waals surface area contributed by atoms with Gasteiger partial charge in [0.1, 0.15) is 6.54 Å². The molecule has 17 heavy (non-hydrogen) atoms. The van der Waals surface area contributed by atoms with Gasteiger partial charge >= 0.3 is 5.97 Å². The zero-order valence-electron chi connectivity index (χ0n) is 11.1. The van der Waals surface area contributed by atoms with Crippen molar-refractivity contribution in [2.45, 2.75) is 34.1 Å². The number of sulfonamides is 1. The first-order chi connectivity index (χ1) is 7.83. The molecule has 0 radical (unpaired) electrons. The van der Waals surface area contributed by atoms with E-state index in [1.165, 1.54) is 4.31 Å². The lowest BCUT2D eigenvalue weighted by Crippen LogP contribution is -2.38. The molecule has 0 heterocycles. The van der Waals surface area contributed by atoms with Gasteiger partial charge in [0.25, 0.3) is 0 Å². The maximum Gasteiger partial charge on any atom is 0.321 e. The molecule has 0 rings (SSSR count). The Bertz CT molecular complexity index is 324. The van der Waals surface area contributed by atoms with Crippen LogP contribution in [0.4, 0.5) is 0 Å². The number of esters is 1. The molecule has 0 aliphatic rings. The van der Waals surface area contributed by atoms with E-state index in [-0.39, 0.29) is 18.9 Å². The average Bonchev–Trinajstić information content (AvgIpc) is 2.23. The maximum absolute atomic E-state index is 11.9. The monoisotopic (exact) mass is 265 g/mol. The smallest absolute Gasteiger partial charge is 0.321 e. The second-order valence-electron chi connectivity index (χ2n) is 4.23. The van der Waals surface area contributed by atoms with Crippen LogP contribution in [-0.2, 0) is 19.6 Å². The molecule has 0 aliphatic carbocycles. The van der Waals surface area contributed by atoms with E-state index in [0.29, 0.717) is 18.9 Å².